The fourth-order valence-corrected chi connectivity index (χ4v) is 2.62. The predicted octanol–water partition coefficient (Wildman–Crippen LogP) is 2.04. The number of anilines is 1. The fourth-order valence-electron chi connectivity index (χ4n) is 2.62. The minimum atomic E-state index is -0.0186. The molecule has 0 unspecified atom stereocenters. The molecule has 1 fully saturated rings. The lowest BCUT2D eigenvalue weighted by atomic mass is 9.80. The quantitative estimate of drug-likeness (QED) is 0.830. The number of nitrogens with one attached hydrogen (secondary N) is 1. The van der Waals surface area contributed by atoms with Gasteiger partial charge in [0.05, 0.1) is 0 Å². The van der Waals surface area contributed by atoms with E-state index in [1.165, 1.54) is 0 Å². The fraction of sp³-hybridized carbons (Fsp3) is 0.562. The highest BCUT2D eigenvalue weighted by Crippen LogP contribution is 2.29. The highest BCUT2D eigenvalue weighted by atomic mass is 16.1. The smallest absolute Gasteiger partial charge is 0.251 e. The maximum Gasteiger partial charge on any atom is 0.251 e. The molecule has 0 aromatic heterocycles. The van der Waals surface area contributed by atoms with E-state index in [4.69, 9.17) is 5.73 Å². The van der Waals surface area contributed by atoms with Crippen LogP contribution in [-0.2, 0) is 0 Å². The van der Waals surface area contributed by atoms with Gasteiger partial charge in [0.25, 0.3) is 5.91 Å². The van der Waals surface area contributed by atoms with E-state index >= 15 is 0 Å². The average Bonchev–Trinajstić information content (AvgIpc) is 2.43. The van der Waals surface area contributed by atoms with Crippen molar-refractivity contribution < 1.29 is 4.79 Å². The van der Waals surface area contributed by atoms with E-state index in [2.05, 4.69) is 24.2 Å². The Bertz CT molecular complexity index is 490. The Labute approximate surface area is 121 Å². The van der Waals surface area contributed by atoms with E-state index in [1.807, 2.05) is 25.1 Å². The zero-order chi connectivity index (χ0) is 14.8. The summed E-state index contributed by atoms with van der Waals surface area (Å²) < 4.78 is 0. The second-order valence-electron chi connectivity index (χ2n) is 6.32. The summed E-state index contributed by atoms with van der Waals surface area (Å²) in [6.07, 6.45) is 2.25. The van der Waals surface area contributed by atoms with Crippen LogP contribution in [0.4, 0.5) is 5.69 Å². The second-order valence-corrected chi connectivity index (χ2v) is 6.32. The number of rotatable bonds is 3. The number of nitrogen functional groups attached to an aromatic ring is 1. The summed E-state index contributed by atoms with van der Waals surface area (Å²) in [5.41, 5.74) is 8.27. The van der Waals surface area contributed by atoms with Crippen molar-refractivity contribution >= 4 is 11.6 Å². The summed E-state index contributed by atoms with van der Waals surface area (Å²) in [7, 11) is 2.15. The van der Waals surface area contributed by atoms with Crippen LogP contribution in [0.25, 0.3) is 0 Å². The Kier molecular flexibility index (Phi) is 4.33. The number of piperidine rings is 1. The van der Waals surface area contributed by atoms with E-state index in [0.717, 1.165) is 38.0 Å². The van der Waals surface area contributed by atoms with Gasteiger partial charge in [-0.1, -0.05) is 13.0 Å². The molecule has 1 aromatic carbocycles. The van der Waals surface area contributed by atoms with Crippen molar-refractivity contribution in [2.45, 2.75) is 26.7 Å². The molecular weight excluding hydrogens is 250 g/mol. The van der Waals surface area contributed by atoms with E-state index in [9.17, 15) is 4.79 Å². The topological polar surface area (TPSA) is 58.4 Å². The summed E-state index contributed by atoms with van der Waals surface area (Å²) >= 11 is 0. The van der Waals surface area contributed by atoms with Crippen LogP contribution in [0.5, 0.6) is 0 Å². The van der Waals surface area contributed by atoms with Gasteiger partial charge in [-0.05, 0) is 63.0 Å². The first-order valence-corrected chi connectivity index (χ1v) is 7.23. The molecule has 1 saturated heterocycles. The number of benzene rings is 1. The van der Waals surface area contributed by atoms with Crippen molar-refractivity contribution in [1.29, 1.82) is 0 Å². The zero-order valence-corrected chi connectivity index (χ0v) is 12.7. The molecule has 4 nitrogen and oxygen atoms in total. The van der Waals surface area contributed by atoms with Gasteiger partial charge in [-0.25, -0.2) is 0 Å². The third-order valence-corrected chi connectivity index (χ3v) is 4.49. The standard InChI is InChI=1S/C16H25N3O/c1-12-13(5-4-6-14(12)17)15(20)18-11-16(2)7-9-19(3)10-8-16/h4-6H,7-11,17H2,1-3H3,(H,18,20). The van der Waals surface area contributed by atoms with Crippen molar-refractivity contribution in [3.8, 4) is 0 Å². The maximum absolute atomic E-state index is 12.3. The summed E-state index contributed by atoms with van der Waals surface area (Å²) in [6, 6.07) is 5.48. The molecule has 1 amide bonds. The Morgan fingerprint density at radius 3 is 2.70 bits per heavy atom. The first kappa shape index (κ1) is 14.9. The number of nitrogens with two attached hydrogens (primary N) is 1. The molecule has 20 heavy (non-hydrogen) atoms. The highest BCUT2D eigenvalue weighted by Gasteiger charge is 2.29. The van der Waals surface area contributed by atoms with Crippen LogP contribution in [0.2, 0.25) is 0 Å². The SMILES string of the molecule is Cc1c(N)cccc1C(=O)NCC1(C)CCN(C)CC1. The van der Waals surface area contributed by atoms with Gasteiger partial charge in [0, 0.05) is 17.8 Å². The number of amides is 1. The highest BCUT2D eigenvalue weighted by molar-refractivity contribution is 5.96. The number of hydrogen-bond acceptors (Lipinski definition) is 3. The predicted molar refractivity (Wildman–Crippen MR) is 82.8 cm³/mol. The van der Waals surface area contributed by atoms with Crippen LogP contribution in [-0.4, -0.2) is 37.5 Å². The minimum absolute atomic E-state index is 0.0186. The number of hydrogen-bond donors (Lipinski definition) is 2. The minimum Gasteiger partial charge on any atom is -0.398 e. The van der Waals surface area contributed by atoms with Crippen LogP contribution >= 0.6 is 0 Å². The first-order chi connectivity index (χ1) is 9.41. The number of nitrogens with zero attached hydrogens (tertiary/aromatic N) is 1. The summed E-state index contributed by atoms with van der Waals surface area (Å²) in [4.78, 5) is 14.6. The maximum atomic E-state index is 12.3. The van der Waals surface area contributed by atoms with Gasteiger partial charge in [0.2, 0.25) is 0 Å². The lowest BCUT2D eigenvalue weighted by molar-refractivity contribution is 0.0891. The third kappa shape index (κ3) is 3.31. The Balaban J connectivity index is 1.97. The van der Waals surface area contributed by atoms with Crippen molar-refractivity contribution in [2.24, 2.45) is 5.41 Å². The molecular formula is C16H25N3O. The van der Waals surface area contributed by atoms with Crippen molar-refractivity contribution in [3.63, 3.8) is 0 Å². The molecule has 0 atom stereocenters. The monoisotopic (exact) mass is 275 g/mol. The molecule has 110 valence electrons. The van der Waals surface area contributed by atoms with Gasteiger partial charge in [-0.2, -0.15) is 0 Å². The van der Waals surface area contributed by atoms with Gasteiger partial charge in [-0.15, -0.1) is 0 Å². The van der Waals surface area contributed by atoms with Gasteiger partial charge >= 0.3 is 0 Å². The Morgan fingerprint density at radius 1 is 1.40 bits per heavy atom. The average molecular weight is 275 g/mol. The van der Waals surface area contributed by atoms with Crippen LogP contribution in [0.15, 0.2) is 18.2 Å². The molecule has 0 bridgehead atoms. The number of likely N-dealkylation sites (tertiary alicyclic amines) is 1. The van der Waals surface area contributed by atoms with Gasteiger partial charge in [0.15, 0.2) is 0 Å². The third-order valence-electron chi connectivity index (χ3n) is 4.49. The van der Waals surface area contributed by atoms with Gasteiger partial charge in [-0.3, -0.25) is 4.79 Å². The summed E-state index contributed by atoms with van der Waals surface area (Å²) in [5, 5.41) is 3.08. The molecule has 1 aromatic rings. The van der Waals surface area contributed by atoms with Crippen LogP contribution in [0, 0.1) is 12.3 Å². The van der Waals surface area contributed by atoms with Gasteiger partial charge < -0.3 is 16.0 Å². The van der Waals surface area contributed by atoms with Gasteiger partial charge in [0.1, 0.15) is 0 Å². The molecule has 0 saturated carbocycles. The molecule has 0 radical (unpaired) electrons. The molecule has 2 rings (SSSR count). The Hall–Kier alpha value is -1.55. The molecule has 0 spiro atoms. The van der Waals surface area contributed by atoms with E-state index in [1.54, 1.807) is 0 Å². The lowest BCUT2D eigenvalue weighted by Gasteiger charge is -2.38. The molecule has 0 aliphatic carbocycles. The van der Waals surface area contributed by atoms with E-state index in [0.29, 0.717) is 11.3 Å². The van der Waals surface area contributed by atoms with Crippen molar-refractivity contribution in [3.05, 3.63) is 29.3 Å². The first-order valence-electron chi connectivity index (χ1n) is 7.23. The second kappa shape index (κ2) is 5.83. The molecule has 1 heterocycles. The molecule has 4 heteroatoms. The molecule has 3 N–H and O–H groups in total. The number of carbonyl (C=O) groups is 1. The van der Waals surface area contributed by atoms with E-state index < -0.39 is 0 Å². The summed E-state index contributed by atoms with van der Waals surface area (Å²) in [5.74, 6) is -0.0186. The summed E-state index contributed by atoms with van der Waals surface area (Å²) in [6.45, 7) is 7.08. The van der Waals surface area contributed by atoms with Crippen molar-refractivity contribution in [2.75, 3.05) is 32.4 Å². The van der Waals surface area contributed by atoms with Crippen LogP contribution < -0.4 is 11.1 Å². The molecule has 1 aliphatic heterocycles. The Morgan fingerprint density at radius 2 is 2.05 bits per heavy atom. The van der Waals surface area contributed by atoms with Crippen molar-refractivity contribution in [1.82, 2.24) is 10.2 Å². The zero-order valence-electron chi connectivity index (χ0n) is 12.7. The van der Waals surface area contributed by atoms with E-state index in [-0.39, 0.29) is 11.3 Å². The normalized spacial score (nSPS) is 18.8. The largest absolute Gasteiger partial charge is 0.398 e. The van der Waals surface area contributed by atoms with Crippen LogP contribution in [0.1, 0.15) is 35.7 Å². The number of carbonyl (C=O) groups excluding carboxylic acids is 1. The molecule has 1 aliphatic rings. The lowest BCUT2D eigenvalue weighted by Crippen LogP contribution is -2.43. The van der Waals surface area contributed by atoms with Crippen LogP contribution in [0.3, 0.4) is 0 Å².